The highest BCUT2D eigenvalue weighted by atomic mass is 35.5. The van der Waals surface area contributed by atoms with Gasteiger partial charge in [0.2, 0.25) is 5.95 Å². The van der Waals surface area contributed by atoms with Gasteiger partial charge in [-0.1, -0.05) is 11.6 Å². The topological polar surface area (TPSA) is 77.1 Å². The third-order valence-electron chi connectivity index (χ3n) is 5.33. The molecule has 24 heavy (non-hydrogen) atoms. The predicted molar refractivity (Wildman–Crippen MR) is 96.4 cm³/mol. The summed E-state index contributed by atoms with van der Waals surface area (Å²) >= 11 is 6.35. The van der Waals surface area contributed by atoms with Crippen molar-refractivity contribution in [3.05, 3.63) is 11.2 Å². The number of rotatable bonds is 3. The van der Waals surface area contributed by atoms with Gasteiger partial charge in [0.1, 0.15) is 5.02 Å². The molecule has 1 saturated carbocycles. The number of hydrazine groups is 1. The first-order chi connectivity index (χ1) is 11.8. The fourth-order valence-corrected chi connectivity index (χ4v) is 4.13. The molecule has 0 radical (unpaired) electrons. The molecule has 3 atom stereocenters. The van der Waals surface area contributed by atoms with Gasteiger partial charge in [-0.15, -0.1) is 0 Å². The quantitative estimate of drug-likeness (QED) is 0.647. The summed E-state index contributed by atoms with van der Waals surface area (Å²) in [7, 11) is 0. The SMILES string of the molecule is Clc1cnc(N2CCCNCC2)nc1NC1CCC2NNCC2C1. The van der Waals surface area contributed by atoms with Gasteiger partial charge in [-0.05, 0) is 38.1 Å². The van der Waals surface area contributed by atoms with E-state index in [9.17, 15) is 0 Å². The second kappa shape index (κ2) is 7.39. The fraction of sp³-hybridized carbons (Fsp3) is 0.750. The van der Waals surface area contributed by atoms with Crippen LogP contribution in [0.2, 0.25) is 5.02 Å². The summed E-state index contributed by atoms with van der Waals surface area (Å²) in [5.41, 5.74) is 6.65. The predicted octanol–water partition coefficient (Wildman–Crippen LogP) is 0.987. The molecule has 132 valence electrons. The van der Waals surface area contributed by atoms with Gasteiger partial charge in [-0.2, -0.15) is 4.98 Å². The number of fused-ring (bicyclic) bond motifs is 1. The van der Waals surface area contributed by atoms with Crippen LogP contribution in [-0.2, 0) is 0 Å². The van der Waals surface area contributed by atoms with E-state index in [0.717, 1.165) is 63.8 Å². The minimum absolute atomic E-state index is 0.430. The van der Waals surface area contributed by atoms with Crippen LogP contribution in [0.3, 0.4) is 0 Å². The molecular weight excluding hydrogens is 326 g/mol. The van der Waals surface area contributed by atoms with Crippen molar-refractivity contribution in [1.82, 2.24) is 26.1 Å². The van der Waals surface area contributed by atoms with Crippen LogP contribution in [0.15, 0.2) is 6.20 Å². The molecule has 3 aliphatic rings. The molecule has 0 amide bonds. The Hall–Kier alpha value is -1.15. The molecule has 3 fully saturated rings. The van der Waals surface area contributed by atoms with E-state index in [4.69, 9.17) is 16.6 Å². The van der Waals surface area contributed by atoms with Crippen LogP contribution in [0, 0.1) is 5.92 Å². The summed E-state index contributed by atoms with van der Waals surface area (Å²) in [5.74, 6) is 2.25. The van der Waals surface area contributed by atoms with Gasteiger partial charge >= 0.3 is 0 Å². The Kier molecular flexibility index (Phi) is 5.03. The molecule has 0 aromatic carbocycles. The summed E-state index contributed by atoms with van der Waals surface area (Å²) in [6, 6.07) is 1.04. The Bertz CT molecular complexity index is 561. The minimum atomic E-state index is 0.430. The van der Waals surface area contributed by atoms with E-state index >= 15 is 0 Å². The molecule has 4 N–H and O–H groups in total. The molecule has 7 nitrogen and oxygen atoms in total. The lowest BCUT2D eigenvalue weighted by Crippen LogP contribution is -2.39. The lowest BCUT2D eigenvalue weighted by atomic mass is 9.83. The van der Waals surface area contributed by atoms with Gasteiger partial charge in [0.15, 0.2) is 5.82 Å². The van der Waals surface area contributed by atoms with Gasteiger partial charge in [0, 0.05) is 38.3 Å². The van der Waals surface area contributed by atoms with Crippen LogP contribution in [0.4, 0.5) is 11.8 Å². The molecule has 0 spiro atoms. The zero-order chi connectivity index (χ0) is 16.4. The van der Waals surface area contributed by atoms with Gasteiger partial charge in [0.05, 0.1) is 6.20 Å². The highest BCUT2D eigenvalue weighted by molar-refractivity contribution is 6.32. The standard InChI is InChI=1S/C16H26ClN7/c17-13-10-19-16(24-6-1-4-18-5-7-24)22-15(13)21-12-2-3-14-11(8-12)9-20-23-14/h10-12,14,18,20,23H,1-9H2,(H,19,21,22). The maximum absolute atomic E-state index is 6.35. The highest BCUT2D eigenvalue weighted by Gasteiger charge is 2.34. The van der Waals surface area contributed by atoms with Crippen molar-refractivity contribution in [2.45, 2.75) is 37.8 Å². The van der Waals surface area contributed by atoms with E-state index in [1.807, 2.05) is 0 Å². The van der Waals surface area contributed by atoms with E-state index in [1.165, 1.54) is 6.42 Å². The summed E-state index contributed by atoms with van der Waals surface area (Å²) in [6.07, 6.45) is 6.31. The van der Waals surface area contributed by atoms with Crippen LogP contribution in [0.1, 0.15) is 25.7 Å². The molecule has 1 aromatic heterocycles. The van der Waals surface area contributed by atoms with Crippen LogP contribution in [-0.4, -0.2) is 54.8 Å². The van der Waals surface area contributed by atoms with Crippen molar-refractivity contribution in [1.29, 1.82) is 0 Å². The number of nitrogens with one attached hydrogen (secondary N) is 4. The number of nitrogens with zero attached hydrogens (tertiary/aromatic N) is 3. The zero-order valence-corrected chi connectivity index (χ0v) is 14.6. The van der Waals surface area contributed by atoms with E-state index in [2.05, 4.69) is 31.4 Å². The normalized spacial score (nSPS) is 30.7. The lowest BCUT2D eigenvalue weighted by Gasteiger charge is -2.32. The molecule has 4 rings (SSSR count). The summed E-state index contributed by atoms with van der Waals surface area (Å²) in [4.78, 5) is 11.4. The van der Waals surface area contributed by atoms with Crippen molar-refractivity contribution in [3.8, 4) is 0 Å². The van der Waals surface area contributed by atoms with Crippen LogP contribution in [0.5, 0.6) is 0 Å². The largest absolute Gasteiger partial charge is 0.366 e. The molecule has 3 heterocycles. The van der Waals surface area contributed by atoms with Crippen molar-refractivity contribution in [2.75, 3.05) is 42.9 Å². The van der Waals surface area contributed by atoms with Gasteiger partial charge in [0.25, 0.3) is 0 Å². The Balaban J connectivity index is 1.45. The Labute approximate surface area is 147 Å². The maximum atomic E-state index is 6.35. The Morgan fingerprint density at radius 3 is 3.17 bits per heavy atom. The average Bonchev–Trinajstić information content (AvgIpc) is 2.89. The molecule has 3 unspecified atom stereocenters. The number of halogens is 1. The second-order valence-corrected chi connectivity index (χ2v) is 7.41. The van der Waals surface area contributed by atoms with Crippen molar-refractivity contribution >= 4 is 23.4 Å². The molecular formula is C16H26ClN7. The van der Waals surface area contributed by atoms with Crippen molar-refractivity contribution in [3.63, 3.8) is 0 Å². The van der Waals surface area contributed by atoms with E-state index < -0.39 is 0 Å². The van der Waals surface area contributed by atoms with E-state index in [1.54, 1.807) is 6.20 Å². The first kappa shape index (κ1) is 16.3. The molecule has 0 bridgehead atoms. The lowest BCUT2D eigenvalue weighted by molar-refractivity contribution is 0.314. The Morgan fingerprint density at radius 2 is 2.21 bits per heavy atom. The molecule has 2 aliphatic heterocycles. The van der Waals surface area contributed by atoms with Crippen LogP contribution >= 0.6 is 11.6 Å². The third kappa shape index (κ3) is 3.59. The smallest absolute Gasteiger partial charge is 0.227 e. The van der Waals surface area contributed by atoms with Gasteiger partial charge in [-0.3, -0.25) is 10.9 Å². The van der Waals surface area contributed by atoms with Crippen LogP contribution in [0.25, 0.3) is 0 Å². The number of aromatic nitrogens is 2. The summed E-state index contributed by atoms with van der Waals surface area (Å²) in [5, 5.41) is 7.59. The monoisotopic (exact) mass is 351 g/mol. The molecule has 2 saturated heterocycles. The zero-order valence-electron chi connectivity index (χ0n) is 13.9. The Morgan fingerprint density at radius 1 is 1.25 bits per heavy atom. The first-order valence-corrected chi connectivity index (χ1v) is 9.40. The van der Waals surface area contributed by atoms with Crippen LogP contribution < -0.4 is 26.4 Å². The maximum Gasteiger partial charge on any atom is 0.227 e. The summed E-state index contributed by atoms with van der Waals surface area (Å²) < 4.78 is 0. The van der Waals surface area contributed by atoms with Crippen molar-refractivity contribution in [2.24, 2.45) is 5.92 Å². The van der Waals surface area contributed by atoms with Gasteiger partial charge < -0.3 is 15.5 Å². The van der Waals surface area contributed by atoms with E-state index in [0.29, 0.717) is 23.0 Å². The number of hydrogen-bond donors (Lipinski definition) is 4. The fourth-order valence-electron chi connectivity index (χ4n) is 3.98. The number of anilines is 2. The average molecular weight is 352 g/mol. The molecule has 1 aromatic rings. The number of hydrogen-bond acceptors (Lipinski definition) is 7. The van der Waals surface area contributed by atoms with E-state index in [-0.39, 0.29) is 0 Å². The minimum Gasteiger partial charge on any atom is -0.366 e. The highest BCUT2D eigenvalue weighted by Crippen LogP contribution is 2.30. The van der Waals surface area contributed by atoms with Gasteiger partial charge in [-0.25, -0.2) is 4.98 Å². The molecule has 8 heteroatoms. The summed E-state index contributed by atoms with van der Waals surface area (Å²) in [6.45, 7) is 5.00. The third-order valence-corrected chi connectivity index (χ3v) is 5.61. The molecule has 1 aliphatic carbocycles. The first-order valence-electron chi connectivity index (χ1n) is 9.03. The van der Waals surface area contributed by atoms with Crippen molar-refractivity contribution < 1.29 is 0 Å². The second-order valence-electron chi connectivity index (χ2n) is 7.00.